The van der Waals surface area contributed by atoms with Gasteiger partial charge in [0, 0.05) is 61.2 Å². The average Bonchev–Trinajstić information content (AvgIpc) is 0.517. The van der Waals surface area contributed by atoms with Gasteiger partial charge in [0.1, 0.15) is 98.9 Å². The average molecular weight is 1800 g/mol. The number of aryl methyl sites for hydroxylation is 4. The van der Waals surface area contributed by atoms with E-state index in [2.05, 4.69) is 0 Å². The van der Waals surface area contributed by atoms with Gasteiger partial charge in [-0.15, -0.1) is 0 Å². The summed E-state index contributed by atoms with van der Waals surface area (Å²) in [5.74, 6) is -6.28. The number of hydrogen-bond donors (Lipinski definition) is 0. The van der Waals surface area contributed by atoms with Crippen molar-refractivity contribution in [1.29, 1.82) is 0 Å². The number of rotatable bonds is 16. The molecule has 0 aliphatic carbocycles. The summed E-state index contributed by atoms with van der Waals surface area (Å²) in [6.45, 7) is 7.41. The van der Waals surface area contributed by atoms with Gasteiger partial charge >= 0.3 is 0 Å². The molecule has 0 amide bonds. The van der Waals surface area contributed by atoms with Gasteiger partial charge in [0.15, 0.2) is 0 Å². The normalized spacial score (nSPS) is 11.0. The first-order chi connectivity index (χ1) is 64.1. The van der Waals surface area contributed by atoms with Crippen LogP contribution in [0.15, 0.2) is 358 Å². The van der Waals surface area contributed by atoms with E-state index in [9.17, 15) is 74.6 Å². The number of benzene rings is 16. The van der Waals surface area contributed by atoms with E-state index in [1.165, 1.54) is 146 Å². The predicted octanol–water partition coefficient (Wildman–Crippen LogP) is 34.5. The molecule has 0 aliphatic rings. The van der Waals surface area contributed by atoms with Gasteiger partial charge in [-0.05, 0) is 213 Å². The Kier molecular flexibility index (Phi) is 40.5. The lowest BCUT2D eigenvalue weighted by Crippen LogP contribution is -1.87. The largest absolute Gasteiger partial charge is 0.207 e. The van der Waals surface area contributed by atoms with E-state index in [1.54, 1.807) is 268 Å². The second-order valence-electron chi connectivity index (χ2n) is 29.2. The molecule has 0 aromatic heterocycles. The van der Waals surface area contributed by atoms with E-state index < -0.39 is 29.1 Å². The fourth-order valence-electron chi connectivity index (χ4n) is 11.9. The zero-order valence-corrected chi connectivity index (χ0v) is 72.2. The molecule has 133 heavy (non-hydrogen) atoms. The van der Waals surface area contributed by atoms with E-state index in [-0.39, 0.29) is 86.5 Å². The SMILES string of the molecule is Cc1ccc(/C=C/c2cccc(F)c2)cc1F.Cc1ccc(F)c(/C=C/c2ccc(F)cc2)c1.Cc1ccc(F)c(/C=C/c2ccccc2F)c1.Cc1ccc(F)c(/C=C/c2ccccc2F)c1.Fc1ccc(/C=C/c2ccccc2F)cc1.Fc1cccc(F)c1/C=C/c1ccccc1.Fc1ccccc1/C=C/c1c(F)cccc1F.Fc1ccccc1/C=C/c1ccccc1F. The molecule has 670 valence electrons. The summed E-state index contributed by atoms with van der Waals surface area (Å²) in [5.41, 5.74) is 11.6. The topological polar surface area (TPSA) is 0 Å². The molecular weight excluding hydrogens is 1720 g/mol. The Morgan fingerprint density at radius 3 is 0.684 bits per heavy atom. The summed E-state index contributed by atoms with van der Waals surface area (Å²) >= 11 is 0. The summed E-state index contributed by atoms with van der Waals surface area (Å²) < 4.78 is 224. The Balaban J connectivity index is 0.000000171. The highest BCUT2D eigenvalue weighted by atomic mass is 19.2. The van der Waals surface area contributed by atoms with Crippen molar-refractivity contribution < 1.29 is 74.6 Å². The third-order valence-corrected chi connectivity index (χ3v) is 19.0. The third-order valence-electron chi connectivity index (χ3n) is 19.0. The van der Waals surface area contributed by atoms with Crippen LogP contribution in [0.3, 0.4) is 0 Å². The molecule has 0 heterocycles. The molecule has 0 saturated heterocycles. The van der Waals surface area contributed by atoms with Crippen LogP contribution in [-0.4, -0.2) is 0 Å². The van der Waals surface area contributed by atoms with E-state index in [0.29, 0.717) is 50.1 Å². The molecule has 16 aromatic carbocycles. The van der Waals surface area contributed by atoms with Gasteiger partial charge in [-0.2, -0.15) is 0 Å². The summed E-state index contributed by atoms with van der Waals surface area (Å²) in [5, 5.41) is 0. The first-order valence-corrected chi connectivity index (χ1v) is 41.3. The van der Waals surface area contributed by atoms with Gasteiger partial charge in [-0.3, -0.25) is 0 Å². The van der Waals surface area contributed by atoms with Crippen LogP contribution in [0.25, 0.3) is 97.2 Å². The molecular formula is C116H87F17. The highest BCUT2D eigenvalue weighted by Crippen LogP contribution is 2.25. The van der Waals surface area contributed by atoms with Gasteiger partial charge < -0.3 is 0 Å². The molecule has 16 rings (SSSR count). The standard InChI is InChI=1S/4C15H12F2.C14H9F3.3C14H10F2/c1-11-2-9-15(17)13(10-11)6-3-12-4-7-14(16)8-5-12;1-11-5-6-13(10-15(11)17)8-7-12-3-2-4-14(16)9-12;2*1-11-6-9-15(17)13(10-11)8-7-12-4-2-3-5-14(12)16;15-12-5-2-1-4-10(12)8-9-11-13(16)6-3-7-14(11)17;15-13-7-3-1-5-11(13)9-10-12-6-2-4-8-14(12)16;15-13-7-4-8-14(16)12(13)10-9-11-5-2-1-3-6-11;15-13-9-6-11(7-10-13)5-8-12-3-1-2-4-14(12)16/h4*2-10H,1H3;1-9H;3*1-10H/b6-3+;3*8-7+;9-8+;2*10-9+;8-5+. The summed E-state index contributed by atoms with van der Waals surface area (Å²) in [4.78, 5) is 0. The van der Waals surface area contributed by atoms with Crippen LogP contribution in [0.2, 0.25) is 0 Å². The molecule has 0 unspecified atom stereocenters. The minimum absolute atomic E-state index is 0.00801. The van der Waals surface area contributed by atoms with Crippen LogP contribution < -0.4 is 0 Å². The minimum atomic E-state index is -0.669. The molecule has 16 aromatic rings. The van der Waals surface area contributed by atoms with Crippen LogP contribution in [0.4, 0.5) is 74.6 Å². The lowest BCUT2D eigenvalue weighted by Gasteiger charge is -1.99. The van der Waals surface area contributed by atoms with Crippen molar-refractivity contribution in [3.63, 3.8) is 0 Å². The van der Waals surface area contributed by atoms with Crippen LogP contribution >= 0.6 is 0 Å². The first-order valence-electron chi connectivity index (χ1n) is 41.3. The van der Waals surface area contributed by atoms with Crippen molar-refractivity contribution in [2.75, 3.05) is 0 Å². The predicted molar refractivity (Wildman–Crippen MR) is 513 cm³/mol. The van der Waals surface area contributed by atoms with Crippen molar-refractivity contribution >= 4 is 97.2 Å². The second kappa shape index (κ2) is 53.3. The zero-order valence-electron chi connectivity index (χ0n) is 72.2. The molecule has 0 saturated carbocycles. The van der Waals surface area contributed by atoms with Gasteiger partial charge in [0.25, 0.3) is 0 Å². The summed E-state index contributed by atoms with van der Waals surface area (Å²) in [6, 6.07) is 92.9. The molecule has 0 aliphatic heterocycles. The lowest BCUT2D eigenvalue weighted by molar-refractivity contribution is 0.578. The quantitative estimate of drug-likeness (QED) is 0.0668. The Morgan fingerprint density at radius 1 is 0.135 bits per heavy atom. The van der Waals surface area contributed by atoms with Crippen LogP contribution in [0.5, 0.6) is 0 Å². The Hall–Kier alpha value is -15.8. The van der Waals surface area contributed by atoms with Crippen molar-refractivity contribution in [2.45, 2.75) is 27.7 Å². The molecule has 0 atom stereocenters. The van der Waals surface area contributed by atoms with Crippen molar-refractivity contribution in [3.8, 4) is 0 Å². The third kappa shape index (κ3) is 35.0. The maximum absolute atomic E-state index is 13.4. The Bertz CT molecular complexity index is 6510. The smallest absolute Gasteiger partial charge is 0.133 e. The van der Waals surface area contributed by atoms with Crippen LogP contribution in [0, 0.1) is 127 Å². The molecule has 0 spiro atoms. The van der Waals surface area contributed by atoms with Gasteiger partial charge in [-0.1, -0.05) is 320 Å². The van der Waals surface area contributed by atoms with Crippen molar-refractivity contribution in [3.05, 3.63) is 568 Å². The highest BCUT2D eigenvalue weighted by Gasteiger charge is 2.10. The Morgan fingerprint density at radius 2 is 0.361 bits per heavy atom. The van der Waals surface area contributed by atoms with Crippen LogP contribution in [-0.2, 0) is 0 Å². The van der Waals surface area contributed by atoms with Crippen molar-refractivity contribution in [2.24, 2.45) is 0 Å². The Labute approximate surface area is 763 Å². The maximum atomic E-state index is 13.4. The maximum Gasteiger partial charge on any atom is 0.133 e. The molecule has 0 fully saturated rings. The van der Waals surface area contributed by atoms with Crippen molar-refractivity contribution in [1.82, 2.24) is 0 Å². The lowest BCUT2D eigenvalue weighted by atomic mass is 10.1. The number of hydrogen-bond acceptors (Lipinski definition) is 0. The fraction of sp³-hybridized carbons (Fsp3) is 0.0345. The second-order valence-corrected chi connectivity index (χ2v) is 29.2. The van der Waals surface area contributed by atoms with Crippen LogP contribution in [0.1, 0.15) is 111 Å². The molecule has 0 bridgehead atoms. The van der Waals surface area contributed by atoms with Gasteiger partial charge in [-0.25, -0.2) is 74.6 Å². The van der Waals surface area contributed by atoms with E-state index in [4.69, 9.17) is 0 Å². The summed E-state index contributed by atoms with van der Waals surface area (Å²) in [6.07, 6.45) is 25.5. The monoisotopic (exact) mass is 1800 g/mol. The molecule has 0 radical (unpaired) electrons. The molecule has 0 nitrogen and oxygen atoms in total. The minimum Gasteiger partial charge on any atom is -0.207 e. The molecule has 17 heteroatoms. The summed E-state index contributed by atoms with van der Waals surface area (Å²) in [7, 11) is 0. The fourth-order valence-corrected chi connectivity index (χ4v) is 11.9. The van der Waals surface area contributed by atoms with Gasteiger partial charge in [0.05, 0.1) is 0 Å². The van der Waals surface area contributed by atoms with E-state index in [0.717, 1.165) is 56.6 Å². The van der Waals surface area contributed by atoms with E-state index >= 15 is 0 Å². The zero-order chi connectivity index (χ0) is 95.4. The first kappa shape index (κ1) is 101. The van der Waals surface area contributed by atoms with Gasteiger partial charge in [0.2, 0.25) is 0 Å². The van der Waals surface area contributed by atoms with E-state index in [1.807, 2.05) is 57.2 Å². The number of halogens is 17. The highest BCUT2D eigenvalue weighted by molar-refractivity contribution is 5.76. The molecule has 0 N–H and O–H groups in total.